The Hall–Kier alpha value is -2.04. The predicted molar refractivity (Wildman–Crippen MR) is 94.6 cm³/mol. The number of piperidine rings is 2. The van der Waals surface area contributed by atoms with Crippen LogP contribution in [0.2, 0.25) is 0 Å². The van der Waals surface area contributed by atoms with Gasteiger partial charge in [0.25, 0.3) is 5.91 Å². The van der Waals surface area contributed by atoms with Crippen LogP contribution in [-0.2, 0) is 4.79 Å². The van der Waals surface area contributed by atoms with Crippen LogP contribution in [0.3, 0.4) is 0 Å². The van der Waals surface area contributed by atoms with Crippen LogP contribution in [0.4, 0.5) is 11.4 Å². The number of fused-ring (bicyclic) bond motifs is 3. The fourth-order valence-electron chi connectivity index (χ4n) is 4.27. The number of hydrogen-bond donors (Lipinski definition) is 0. The zero-order valence-electron chi connectivity index (χ0n) is 14.3. The van der Waals surface area contributed by atoms with Gasteiger partial charge in [-0.25, -0.2) is 0 Å². The number of carbonyl (C=O) groups excluding carboxylic acids is 2. The van der Waals surface area contributed by atoms with Crippen molar-refractivity contribution in [2.75, 3.05) is 36.5 Å². The molecule has 3 aliphatic rings. The van der Waals surface area contributed by atoms with Gasteiger partial charge in [0.15, 0.2) is 0 Å². The van der Waals surface area contributed by atoms with Crippen molar-refractivity contribution in [3.63, 3.8) is 0 Å². The van der Waals surface area contributed by atoms with E-state index in [9.17, 15) is 9.59 Å². The van der Waals surface area contributed by atoms with Crippen LogP contribution >= 0.6 is 0 Å². The lowest BCUT2D eigenvalue weighted by Gasteiger charge is -2.44. The summed E-state index contributed by atoms with van der Waals surface area (Å²) in [5.41, 5.74) is 2.67. The molecule has 2 amide bonds. The summed E-state index contributed by atoms with van der Waals surface area (Å²) in [7, 11) is 1.84. The third kappa shape index (κ3) is 2.46. The highest BCUT2D eigenvalue weighted by Crippen LogP contribution is 2.39. The molecule has 3 aliphatic heterocycles. The van der Waals surface area contributed by atoms with Crippen molar-refractivity contribution < 1.29 is 9.59 Å². The quantitative estimate of drug-likeness (QED) is 0.796. The molecular weight excluding hydrogens is 302 g/mol. The first-order valence-corrected chi connectivity index (χ1v) is 9.14. The molecule has 2 fully saturated rings. The first-order chi connectivity index (χ1) is 11.7. The number of anilines is 2. The zero-order valence-corrected chi connectivity index (χ0v) is 14.3. The number of likely N-dealkylation sites (N-methyl/N-ethyl adjacent to an activating group) is 1. The van der Waals surface area contributed by atoms with Gasteiger partial charge in [-0.3, -0.25) is 9.59 Å². The largest absolute Gasteiger partial charge is 0.358 e. The van der Waals surface area contributed by atoms with E-state index in [0.29, 0.717) is 5.56 Å². The van der Waals surface area contributed by atoms with Gasteiger partial charge >= 0.3 is 0 Å². The third-order valence-electron chi connectivity index (χ3n) is 5.65. The van der Waals surface area contributed by atoms with Gasteiger partial charge in [-0.1, -0.05) is 0 Å². The molecule has 1 aromatic carbocycles. The Kier molecular flexibility index (Phi) is 3.94. The first kappa shape index (κ1) is 15.5. The summed E-state index contributed by atoms with van der Waals surface area (Å²) in [6.45, 7) is 2.62. The summed E-state index contributed by atoms with van der Waals surface area (Å²) >= 11 is 0. The molecule has 2 saturated heterocycles. The Morgan fingerprint density at radius 3 is 2.54 bits per heavy atom. The van der Waals surface area contributed by atoms with E-state index in [4.69, 9.17) is 0 Å². The molecule has 0 aromatic heterocycles. The molecule has 0 bridgehead atoms. The number of rotatable bonds is 1. The van der Waals surface area contributed by atoms with Crippen LogP contribution in [0, 0.1) is 0 Å². The fourth-order valence-corrected chi connectivity index (χ4v) is 4.27. The molecule has 0 aliphatic carbocycles. The summed E-state index contributed by atoms with van der Waals surface area (Å²) in [4.78, 5) is 31.4. The summed E-state index contributed by atoms with van der Waals surface area (Å²) in [5, 5.41) is 0. The van der Waals surface area contributed by atoms with Gasteiger partial charge in [0.2, 0.25) is 5.91 Å². The van der Waals surface area contributed by atoms with Crippen molar-refractivity contribution in [2.45, 2.75) is 44.6 Å². The monoisotopic (exact) mass is 327 g/mol. The van der Waals surface area contributed by atoms with Crippen molar-refractivity contribution in [1.82, 2.24) is 4.90 Å². The molecule has 0 N–H and O–H groups in total. The number of nitrogens with zero attached hydrogens (tertiary/aromatic N) is 3. The van der Waals surface area contributed by atoms with Crippen molar-refractivity contribution in [1.29, 1.82) is 0 Å². The predicted octanol–water partition coefficient (Wildman–Crippen LogP) is 2.65. The minimum atomic E-state index is -0.0279. The van der Waals surface area contributed by atoms with Gasteiger partial charge in [0.1, 0.15) is 6.04 Å². The van der Waals surface area contributed by atoms with Crippen LogP contribution in [0.1, 0.15) is 48.9 Å². The number of benzene rings is 1. The summed E-state index contributed by atoms with van der Waals surface area (Å²) in [5.74, 6) is 0.254. The molecule has 5 heteroatoms. The molecule has 0 radical (unpaired) electrons. The molecule has 1 unspecified atom stereocenters. The second-order valence-electron chi connectivity index (χ2n) is 7.16. The SMILES string of the molecule is CN1C(=O)C2CCCCN2c2ccc(C(=O)N3CCCCC3)cc21. The second-order valence-corrected chi connectivity index (χ2v) is 7.16. The lowest BCUT2D eigenvalue weighted by atomic mass is 9.95. The van der Waals surface area contributed by atoms with Gasteiger partial charge in [0, 0.05) is 32.2 Å². The van der Waals surface area contributed by atoms with E-state index in [1.165, 1.54) is 6.42 Å². The number of carbonyl (C=O) groups is 2. The smallest absolute Gasteiger partial charge is 0.253 e. The maximum absolute atomic E-state index is 12.8. The Bertz CT molecular complexity index is 667. The minimum Gasteiger partial charge on any atom is -0.358 e. The molecular formula is C19H25N3O2. The summed E-state index contributed by atoms with van der Waals surface area (Å²) in [6, 6.07) is 5.85. The van der Waals surface area contributed by atoms with Crippen molar-refractivity contribution >= 4 is 23.2 Å². The lowest BCUT2D eigenvalue weighted by molar-refractivity contribution is -0.120. The van der Waals surface area contributed by atoms with Gasteiger partial charge in [0.05, 0.1) is 11.4 Å². The topological polar surface area (TPSA) is 43.9 Å². The molecule has 24 heavy (non-hydrogen) atoms. The van der Waals surface area contributed by atoms with Crippen LogP contribution in [0.15, 0.2) is 18.2 Å². The van der Waals surface area contributed by atoms with Crippen molar-refractivity contribution in [2.24, 2.45) is 0 Å². The Morgan fingerprint density at radius 1 is 1.00 bits per heavy atom. The molecule has 3 heterocycles. The van der Waals surface area contributed by atoms with Crippen LogP contribution in [0.5, 0.6) is 0 Å². The molecule has 1 atom stereocenters. The molecule has 128 valence electrons. The van der Waals surface area contributed by atoms with E-state index >= 15 is 0 Å². The number of amides is 2. The third-order valence-corrected chi connectivity index (χ3v) is 5.65. The number of hydrogen-bond acceptors (Lipinski definition) is 3. The Labute approximate surface area is 143 Å². The average Bonchev–Trinajstić information content (AvgIpc) is 2.66. The van der Waals surface area contributed by atoms with E-state index < -0.39 is 0 Å². The number of likely N-dealkylation sites (tertiary alicyclic amines) is 1. The molecule has 1 aromatic rings. The van der Waals surface area contributed by atoms with E-state index in [0.717, 1.165) is 63.1 Å². The highest BCUT2D eigenvalue weighted by Gasteiger charge is 2.38. The van der Waals surface area contributed by atoms with Gasteiger partial charge < -0.3 is 14.7 Å². The van der Waals surface area contributed by atoms with Crippen LogP contribution in [-0.4, -0.2) is 49.4 Å². The minimum absolute atomic E-state index is 0.0279. The lowest BCUT2D eigenvalue weighted by Crippen LogP contribution is -2.54. The molecule has 0 spiro atoms. The maximum atomic E-state index is 12.8. The second kappa shape index (κ2) is 6.11. The summed E-state index contributed by atoms with van der Waals surface area (Å²) < 4.78 is 0. The standard InChI is InChI=1S/C19H25N3O2/c1-20-17-13-14(18(23)21-10-4-2-5-11-21)8-9-15(17)22-12-6-3-7-16(22)19(20)24/h8-9,13,16H,2-7,10-12H2,1H3. The fraction of sp³-hybridized carbons (Fsp3) is 0.579. The highest BCUT2D eigenvalue weighted by atomic mass is 16.2. The highest BCUT2D eigenvalue weighted by molar-refractivity contribution is 6.07. The molecule has 4 rings (SSSR count). The van der Waals surface area contributed by atoms with Gasteiger partial charge in [-0.15, -0.1) is 0 Å². The van der Waals surface area contributed by atoms with E-state index in [2.05, 4.69) is 4.90 Å². The Balaban J connectivity index is 1.67. The maximum Gasteiger partial charge on any atom is 0.253 e. The Morgan fingerprint density at radius 2 is 1.75 bits per heavy atom. The van der Waals surface area contributed by atoms with E-state index in [1.54, 1.807) is 4.90 Å². The van der Waals surface area contributed by atoms with E-state index in [1.807, 2.05) is 30.1 Å². The van der Waals surface area contributed by atoms with Gasteiger partial charge in [-0.05, 0) is 56.7 Å². The normalized spacial score (nSPS) is 23.8. The van der Waals surface area contributed by atoms with Gasteiger partial charge in [-0.2, -0.15) is 0 Å². The molecule has 5 nitrogen and oxygen atoms in total. The van der Waals surface area contributed by atoms with Crippen molar-refractivity contribution in [3.05, 3.63) is 23.8 Å². The van der Waals surface area contributed by atoms with E-state index in [-0.39, 0.29) is 17.9 Å². The zero-order chi connectivity index (χ0) is 16.7. The summed E-state index contributed by atoms with van der Waals surface area (Å²) in [6.07, 6.45) is 6.55. The van der Waals surface area contributed by atoms with Crippen LogP contribution < -0.4 is 9.80 Å². The average molecular weight is 327 g/mol. The van der Waals surface area contributed by atoms with Crippen molar-refractivity contribution in [3.8, 4) is 0 Å². The van der Waals surface area contributed by atoms with Crippen LogP contribution in [0.25, 0.3) is 0 Å². The molecule has 0 saturated carbocycles. The first-order valence-electron chi connectivity index (χ1n) is 9.14.